The van der Waals surface area contributed by atoms with Crippen LogP contribution in [0.25, 0.3) is 0 Å². The molecule has 1 saturated carbocycles. The Morgan fingerprint density at radius 3 is 2.35 bits per heavy atom. The molecule has 0 bridgehead atoms. The largest absolute Gasteiger partial charge is 0.352 e. The first-order valence-electron chi connectivity index (χ1n) is 6.55. The molecule has 3 N–H and O–H groups in total. The third-order valence-electron chi connectivity index (χ3n) is 3.57. The van der Waals surface area contributed by atoms with Gasteiger partial charge in [0, 0.05) is 24.5 Å². The van der Waals surface area contributed by atoms with Crippen LogP contribution in [0.2, 0.25) is 0 Å². The number of carbonyl (C=O) groups is 1. The smallest absolute Gasteiger partial charge is 0.222 e. The van der Waals surface area contributed by atoms with Gasteiger partial charge in [-0.25, -0.2) is 0 Å². The Morgan fingerprint density at radius 1 is 1.41 bits per heavy atom. The summed E-state index contributed by atoms with van der Waals surface area (Å²) in [6.45, 7) is 5.15. The van der Waals surface area contributed by atoms with Crippen molar-refractivity contribution in [1.29, 1.82) is 0 Å². The number of nitrogens with two attached hydrogens (primary N) is 1. The lowest BCUT2D eigenvalue weighted by atomic mass is 9.75. The second kappa shape index (κ2) is 5.83. The van der Waals surface area contributed by atoms with Gasteiger partial charge in [0.2, 0.25) is 5.91 Å². The molecule has 1 amide bonds. The van der Waals surface area contributed by atoms with E-state index in [9.17, 15) is 4.79 Å². The molecule has 4 heteroatoms. The van der Waals surface area contributed by atoms with E-state index in [2.05, 4.69) is 24.1 Å². The number of amides is 1. The zero-order valence-electron chi connectivity index (χ0n) is 11.6. The lowest BCUT2D eigenvalue weighted by molar-refractivity contribution is -0.124. The molecule has 0 aromatic carbocycles. The number of hydrogen-bond acceptors (Lipinski definition) is 3. The van der Waals surface area contributed by atoms with E-state index in [-0.39, 0.29) is 17.5 Å². The maximum Gasteiger partial charge on any atom is 0.222 e. The van der Waals surface area contributed by atoms with Crippen molar-refractivity contribution >= 4 is 5.91 Å². The Labute approximate surface area is 105 Å². The molecule has 0 aromatic heterocycles. The summed E-state index contributed by atoms with van der Waals surface area (Å²) in [5, 5.41) is 3.11. The minimum absolute atomic E-state index is 0.104. The van der Waals surface area contributed by atoms with Gasteiger partial charge in [-0.05, 0) is 39.3 Å². The van der Waals surface area contributed by atoms with Crippen molar-refractivity contribution in [2.45, 2.75) is 51.1 Å². The quantitative estimate of drug-likeness (QED) is 0.728. The number of nitrogens with one attached hydrogen (secondary N) is 1. The molecule has 4 nitrogen and oxygen atoms in total. The van der Waals surface area contributed by atoms with Gasteiger partial charge in [-0.1, -0.05) is 13.8 Å². The van der Waals surface area contributed by atoms with Crippen LogP contribution in [-0.2, 0) is 4.79 Å². The van der Waals surface area contributed by atoms with Crippen molar-refractivity contribution in [3.63, 3.8) is 0 Å². The van der Waals surface area contributed by atoms with Gasteiger partial charge in [0.15, 0.2) is 0 Å². The van der Waals surface area contributed by atoms with Gasteiger partial charge in [0.05, 0.1) is 0 Å². The number of hydrogen-bond donors (Lipinski definition) is 2. The summed E-state index contributed by atoms with van der Waals surface area (Å²) in [4.78, 5) is 14.0. The van der Waals surface area contributed by atoms with Crippen LogP contribution in [0.1, 0.15) is 39.5 Å². The lowest BCUT2D eigenvalue weighted by Crippen LogP contribution is -2.52. The van der Waals surface area contributed by atoms with Crippen molar-refractivity contribution < 1.29 is 4.79 Å². The van der Waals surface area contributed by atoms with Crippen LogP contribution in [0.5, 0.6) is 0 Å². The highest BCUT2D eigenvalue weighted by molar-refractivity contribution is 5.77. The second-order valence-corrected chi connectivity index (χ2v) is 6.07. The highest BCUT2D eigenvalue weighted by Gasteiger charge is 2.35. The molecule has 17 heavy (non-hydrogen) atoms. The Bertz CT molecular complexity index is 259. The van der Waals surface area contributed by atoms with E-state index in [1.165, 1.54) is 0 Å². The first-order valence-corrected chi connectivity index (χ1v) is 6.55. The topological polar surface area (TPSA) is 58.4 Å². The second-order valence-electron chi connectivity index (χ2n) is 6.07. The van der Waals surface area contributed by atoms with Crippen LogP contribution in [0.4, 0.5) is 0 Å². The van der Waals surface area contributed by atoms with Gasteiger partial charge < -0.3 is 16.0 Å². The molecular formula is C13H27N3O. The Morgan fingerprint density at radius 2 is 2.00 bits per heavy atom. The van der Waals surface area contributed by atoms with Crippen LogP contribution in [-0.4, -0.2) is 43.0 Å². The highest BCUT2D eigenvalue weighted by atomic mass is 16.1. The van der Waals surface area contributed by atoms with E-state index >= 15 is 0 Å². The first-order chi connectivity index (χ1) is 7.82. The van der Waals surface area contributed by atoms with Gasteiger partial charge in [-0.15, -0.1) is 0 Å². The van der Waals surface area contributed by atoms with Gasteiger partial charge >= 0.3 is 0 Å². The molecule has 1 atom stereocenters. The molecular weight excluding hydrogens is 214 g/mol. The predicted molar refractivity (Wildman–Crippen MR) is 70.7 cm³/mol. The van der Waals surface area contributed by atoms with Crippen molar-refractivity contribution in [1.82, 2.24) is 10.2 Å². The first kappa shape index (κ1) is 14.5. The number of rotatable bonds is 6. The van der Waals surface area contributed by atoms with Crippen molar-refractivity contribution in [2.75, 3.05) is 20.6 Å². The van der Waals surface area contributed by atoms with Crippen molar-refractivity contribution in [3.8, 4) is 0 Å². The fourth-order valence-corrected chi connectivity index (χ4v) is 2.20. The number of nitrogens with zero attached hydrogens (tertiary/aromatic N) is 1. The van der Waals surface area contributed by atoms with Gasteiger partial charge in [0.25, 0.3) is 0 Å². The molecule has 1 unspecified atom stereocenters. The third-order valence-corrected chi connectivity index (χ3v) is 3.57. The monoisotopic (exact) mass is 241 g/mol. The summed E-state index contributed by atoms with van der Waals surface area (Å²) >= 11 is 0. The molecule has 1 aliphatic rings. The Kier molecular flexibility index (Phi) is 4.95. The molecule has 1 fully saturated rings. The van der Waals surface area contributed by atoms with E-state index in [1.807, 2.05) is 14.1 Å². The molecule has 100 valence electrons. The summed E-state index contributed by atoms with van der Waals surface area (Å²) in [5.74, 6) is 0.546. The van der Waals surface area contributed by atoms with Crippen molar-refractivity contribution in [2.24, 2.45) is 11.7 Å². The van der Waals surface area contributed by atoms with Crippen molar-refractivity contribution in [3.05, 3.63) is 0 Å². The van der Waals surface area contributed by atoms with E-state index in [0.29, 0.717) is 12.3 Å². The standard InChI is InChI=1S/C13H27N3O/c1-10(2)11(9-16(3)4)15-12(17)8-13(14)6-5-7-13/h10-11H,5-9,14H2,1-4H3,(H,15,17). The SMILES string of the molecule is CC(C)C(CN(C)C)NC(=O)CC1(N)CCC1. The average molecular weight is 241 g/mol. The minimum Gasteiger partial charge on any atom is -0.352 e. The van der Waals surface area contributed by atoms with E-state index in [0.717, 1.165) is 25.8 Å². The minimum atomic E-state index is -0.219. The average Bonchev–Trinajstić information content (AvgIpc) is 2.13. The maximum atomic E-state index is 11.9. The van der Waals surface area contributed by atoms with Crippen LogP contribution in [0.3, 0.4) is 0 Å². The molecule has 1 rings (SSSR count). The van der Waals surface area contributed by atoms with Crippen LogP contribution >= 0.6 is 0 Å². The van der Waals surface area contributed by atoms with Gasteiger partial charge in [-0.2, -0.15) is 0 Å². The lowest BCUT2D eigenvalue weighted by Gasteiger charge is -2.38. The zero-order valence-corrected chi connectivity index (χ0v) is 11.6. The van der Waals surface area contributed by atoms with E-state index in [1.54, 1.807) is 0 Å². The van der Waals surface area contributed by atoms with Gasteiger partial charge in [-0.3, -0.25) is 4.79 Å². The molecule has 0 aromatic rings. The number of carbonyl (C=O) groups excluding carboxylic acids is 1. The summed E-state index contributed by atoms with van der Waals surface area (Å²) in [7, 11) is 4.05. The molecule has 0 saturated heterocycles. The molecule has 0 heterocycles. The highest BCUT2D eigenvalue weighted by Crippen LogP contribution is 2.31. The number of likely N-dealkylation sites (N-methyl/N-ethyl adjacent to an activating group) is 1. The predicted octanol–water partition coefficient (Wildman–Crippen LogP) is 0.960. The zero-order chi connectivity index (χ0) is 13.1. The summed E-state index contributed by atoms with van der Waals surface area (Å²) in [5.41, 5.74) is 5.87. The van der Waals surface area contributed by atoms with E-state index in [4.69, 9.17) is 5.73 Å². The molecule has 0 radical (unpaired) electrons. The summed E-state index contributed by atoms with van der Waals surface area (Å²) in [6.07, 6.45) is 3.61. The Balaban J connectivity index is 2.40. The summed E-state index contributed by atoms with van der Waals surface area (Å²) in [6, 6.07) is 0.209. The molecule has 0 spiro atoms. The maximum absolute atomic E-state index is 11.9. The fraction of sp³-hybridized carbons (Fsp3) is 0.923. The van der Waals surface area contributed by atoms with E-state index < -0.39 is 0 Å². The van der Waals surface area contributed by atoms with Crippen LogP contribution < -0.4 is 11.1 Å². The van der Waals surface area contributed by atoms with Crippen LogP contribution in [0.15, 0.2) is 0 Å². The van der Waals surface area contributed by atoms with Crippen LogP contribution in [0, 0.1) is 5.92 Å². The third kappa shape index (κ3) is 4.64. The molecule has 1 aliphatic carbocycles. The van der Waals surface area contributed by atoms with Gasteiger partial charge in [0.1, 0.15) is 0 Å². The summed E-state index contributed by atoms with van der Waals surface area (Å²) < 4.78 is 0. The fourth-order valence-electron chi connectivity index (χ4n) is 2.20. The normalized spacial score (nSPS) is 20.2. The Hall–Kier alpha value is -0.610. The molecule has 0 aliphatic heterocycles.